The number of amides is 1. The number of carbonyl (C=O) groups is 1. The summed E-state index contributed by atoms with van der Waals surface area (Å²) in [6, 6.07) is 11.3. The third kappa shape index (κ3) is 4.89. The molecule has 7 nitrogen and oxygen atoms in total. The van der Waals surface area contributed by atoms with E-state index in [-0.39, 0.29) is 23.5 Å². The van der Waals surface area contributed by atoms with Gasteiger partial charge in [0.25, 0.3) is 5.91 Å². The van der Waals surface area contributed by atoms with E-state index >= 15 is 0 Å². The molecule has 3 rings (SSSR count). The van der Waals surface area contributed by atoms with Crippen LogP contribution in [-0.2, 0) is 14.8 Å². The number of rotatable bonds is 7. The van der Waals surface area contributed by atoms with Crippen LogP contribution < -0.4 is 14.8 Å². The van der Waals surface area contributed by atoms with Gasteiger partial charge in [0.05, 0.1) is 23.8 Å². The van der Waals surface area contributed by atoms with Gasteiger partial charge in [0, 0.05) is 18.7 Å². The number of sulfonamides is 1. The van der Waals surface area contributed by atoms with Crippen molar-refractivity contribution in [1.82, 2.24) is 4.72 Å². The van der Waals surface area contributed by atoms with Crippen LogP contribution in [0.25, 0.3) is 0 Å². The lowest BCUT2D eigenvalue weighted by Gasteiger charge is -2.12. The van der Waals surface area contributed by atoms with E-state index in [1.165, 1.54) is 31.4 Å². The Bertz CT molecular complexity index is 936. The first-order valence-electron chi connectivity index (χ1n) is 9.06. The summed E-state index contributed by atoms with van der Waals surface area (Å²) in [4.78, 5) is 12.6. The number of methoxy groups -OCH3 is 1. The molecule has 0 radical (unpaired) electrons. The van der Waals surface area contributed by atoms with Crippen molar-refractivity contribution in [1.29, 1.82) is 0 Å². The topological polar surface area (TPSA) is 93.7 Å². The molecule has 8 heteroatoms. The number of carbonyl (C=O) groups excluding carboxylic acids is 1. The molecule has 0 bridgehead atoms. The molecule has 1 atom stereocenters. The molecule has 0 spiro atoms. The molecule has 2 N–H and O–H groups in total. The highest BCUT2D eigenvalue weighted by Crippen LogP contribution is 2.26. The fourth-order valence-electron chi connectivity index (χ4n) is 2.99. The fourth-order valence-corrected chi connectivity index (χ4v) is 4.06. The maximum Gasteiger partial charge on any atom is 0.255 e. The summed E-state index contributed by atoms with van der Waals surface area (Å²) in [6.07, 6.45) is 1.72. The minimum Gasteiger partial charge on any atom is -0.495 e. The van der Waals surface area contributed by atoms with E-state index in [1.54, 1.807) is 6.07 Å². The van der Waals surface area contributed by atoms with E-state index in [2.05, 4.69) is 10.0 Å². The molecule has 1 saturated heterocycles. The van der Waals surface area contributed by atoms with Crippen molar-refractivity contribution in [2.45, 2.75) is 30.8 Å². The first-order chi connectivity index (χ1) is 13.4. The average molecular weight is 404 g/mol. The summed E-state index contributed by atoms with van der Waals surface area (Å²) in [6.45, 7) is 2.83. The van der Waals surface area contributed by atoms with Gasteiger partial charge in [-0.1, -0.05) is 6.07 Å². The first kappa shape index (κ1) is 20.3. The second-order valence-corrected chi connectivity index (χ2v) is 8.44. The van der Waals surface area contributed by atoms with E-state index in [1.807, 2.05) is 19.1 Å². The highest BCUT2D eigenvalue weighted by Gasteiger charge is 2.20. The van der Waals surface area contributed by atoms with Crippen LogP contribution in [0.1, 0.15) is 28.8 Å². The van der Waals surface area contributed by atoms with E-state index in [9.17, 15) is 13.2 Å². The van der Waals surface area contributed by atoms with Gasteiger partial charge in [-0.05, 0) is 61.7 Å². The van der Waals surface area contributed by atoms with E-state index in [4.69, 9.17) is 9.47 Å². The molecule has 1 aliphatic rings. The fraction of sp³-hybridized carbons (Fsp3) is 0.350. The summed E-state index contributed by atoms with van der Waals surface area (Å²) < 4.78 is 38.0. The molecule has 0 aromatic heterocycles. The number of hydrogen-bond acceptors (Lipinski definition) is 5. The Morgan fingerprint density at radius 1 is 1.21 bits per heavy atom. The number of nitrogens with one attached hydrogen (secondary N) is 2. The van der Waals surface area contributed by atoms with Crippen LogP contribution in [0.5, 0.6) is 5.75 Å². The second-order valence-electron chi connectivity index (χ2n) is 6.67. The van der Waals surface area contributed by atoms with Gasteiger partial charge in [-0.15, -0.1) is 0 Å². The molecule has 1 fully saturated rings. The van der Waals surface area contributed by atoms with Crippen LogP contribution in [0, 0.1) is 6.92 Å². The zero-order valence-electron chi connectivity index (χ0n) is 15.9. The molecular weight excluding hydrogens is 380 g/mol. The monoisotopic (exact) mass is 404 g/mol. The summed E-state index contributed by atoms with van der Waals surface area (Å²) in [5.74, 6) is 0.205. The Morgan fingerprint density at radius 2 is 1.96 bits per heavy atom. The van der Waals surface area contributed by atoms with Crippen molar-refractivity contribution in [3.8, 4) is 5.75 Å². The molecular formula is C20H24N2O5S. The van der Waals surface area contributed by atoms with Crippen LogP contribution in [0.4, 0.5) is 5.69 Å². The Labute approximate surface area is 165 Å². The SMILES string of the molecule is COc1ccc(C)cc1NC(=O)c1ccc(S(=O)(=O)NC[C@H]2CCCO2)cc1. The molecule has 0 aliphatic carbocycles. The minimum absolute atomic E-state index is 0.0795. The molecule has 1 heterocycles. The lowest BCUT2D eigenvalue weighted by atomic mass is 10.1. The van der Waals surface area contributed by atoms with E-state index < -0.39 is 10.0 Å². The number of aryl methyl sites for hydroxylation is 1. The number of ether oxygens (including phenoxy) is 2. The third-order valence-corrected chi connectivity index (χ3v) is 5.99. The van der Waals surface area contributed by atoms with Crippen LogP contribution in [0.2, 0.25) is 0 Å². The highest BCUT2D eigenvalue weighted by atomic mass is 32.2. The standard InChI is InChI=1S/C20H24N2O5S/c1-14-5-10-19(26-2)18(12-14)22-20(23)15-6-8-17(9-7-15)28(24,25)21-13-16-4-3-11-27-16/h5-10,12,16,21H,3-4,11,13H2,1-2H3,(H,22,23)/t16-/m1/s1. The zero-order valence-corrected chi connectivity index (χ0v) is 16.7. The van der Waals surface area contributed by atoms with E-state index in [0.29, 0.717) is 23.6 Å². The smallest absolute Gasteiger partial charge is 0.255 e. The molecule has 1 aliphatic heterocycles. The first-order valence-corrected chi connectivity index (χ1v) is 10.5. The van der Waals surface area contributed by atoms with Crippen molar-refractivity contribution in [2.75, 3.05) is 25.6 Å². The second kappa shape index (κ2) is 8.72. The van der Waals surface area contributed by atoms with Gasteiger partial charge in [0.1, 0.15) is 5.75 Å². The molecule has 0 saturated carbocycles. The van der Waals surface area contributed by atoms with Gasteiger partial charge in [-0.3, -0.25) is 4.79 Å². The summed E-state index contributed by atoms with van der Waals surface area (Å²) >= 11 is 0. The van der Waals surface area contributed by atoms with Gasteiger partial charge in [-0.2, -0.15) is 0 Å². The Kier molecular flexibility index (Phi) is 6.33. The van der Waals surface area contributed by atoms with Gasteiger partial charge in [0.2, 0.25) is 10.0 Å². The van der Waals surface area contributed by atoms with Gasteiger partial charge >= 0.3 is 0 Å². The molecule has 1 amide bonds. The van der Waals surface area contributed by atoms with E-state index in [0.717, 1.165) is 18.4 Å². The maximum atomic E-state index is 12.5. The maximum absolute atomic E-state index is 12.5. The quantitative estimate of drug-likeness (QED) is 0.740. The normalized spacial score (nSPS) is 16.7. The Morgan fingerprint density at radius 3 is 2.61 bits per heavy atom. The van der Waals surface area contributed by atoms with Gasteiger partial charge in [0.15, 0.2) is 0 Å². The molecule has 2 aromatic carbocycles. The van der Waals surface area contributed by atoms with Gasteiger partial charge in [-0.25, -0.2) is 13.1 Å². The average Bonchev–Trinajstić information content (AvgIpc) is 3.20. The highest BCUT2D eigenvalue weighted by molar-refractivity contribution is 7.89. The molecule has 150 valence electrons. The lowest BCUT2D eigenvalue weighted by molar-refractivity contribution is 0.102. The Balaban J connectivity index is 1.68. The predicted molar refractivity (Wildman–Crippen MR) is 106 cm³/mol. The molecule has 2 aromatic rings. The minimum atomic E-state index is -3.65. The van der Waals surface area contributed by atoms with Crippen LogP contribution >= 0.6 is 0 Å². The third-order valence-electron chi connectivity index (χ3n) is 4.56. The van der Waals surface area contributed by atoms with Crippen molar-refractivity contribution >= 4 is 21.6 Å². The van der Waals surface area contributed by atoms with Crippen molar-refractivity contribution in [3.63, 3.8) is 0 Å². The summed E-state index contributed by atoms with van der Waals surface area (Å²) in [5, 5.41) is 2.79. The summed E-state index contributed by atoms with van der Waals surface area (Å²) in [7, 11) is -2.12. The summed E-state index contributed by atoms with van der Waals surface area (Å²) in [5.41, 5.74) is 1.89. The van der Waals surface area contributed by atoms with Crippen molar-refractivity contribution < 1.29 is 22.7 Å². The molecule has 28 heavy (non-hydrogen) atoms. The van der Waals surface area contributed by atoms with Crippen LogP contribution in [-0.4, -0.2) is 40.7 Å². The number of anilines is 1. The van der Waals surface area contributed by atoms with Gasteiger partial charge < -0.3 is 14.8 Å². The van der Waals surface area contributed by atoms with Crippen molar-refractivity contribution in [3.05, 3.63) is 53.6 Å². The Hall–Kier alpha value is -2.42. The predicted octanol–water partition coefficient (Wildman–Crippen LogP) is 2.71. The zero-order chi connectivity index (χ0) is 20.1. The van der Waals surface area contributed by atoms with Crippen LogP contribution in [0.15, 0.2) is 47.4 Å². The molecule has 0 unspecified atom stereocenters. The number of benzene rings is 2. The largest absolute Gasteiger partial charge is 0.495 e. The number of hydrogen-bond donors (Lipinski definition) is 2. The lowest BCUT2D eigenvalue weighted by Crippen LogP contribution is -2.31. The van der Waals surface area contributed by atoms with Crippen molar-refractivity contribution in [2.24, 2.45) is 0 Å². The van der Waals surface area contributed by atoms with Crippen LogP contribution in [0.3, 0.4) is 0 Å².